The van der Waals surface area contributed by atoms with Gasteiger partial charge in [0, 0.05) is 10.2 Å². The third kappa shape index (κ3) is 4.49. The zero-order chi connectivity index (χ0) is 15.9. The lowest BCUT2D eigenvalue weighted by Gasteiger charge is -2.17. The number of carbonyl (C=O) groups is 1. The molecule has 0 bridgehead atoms. The number of benzene rings is 2. The molecule has 0 aliphatic rings. The van der Waals surface area contributed by atoms with E-state index < -0.39 is 6.10 Å². The fourth-order valence-electron chi connectivity index (χ4n) is 1.90. The SMILES string of the molecule is CC[C@@H](Oc1ccc(OC)cc1)C(=O)Nc1ccc(Br)cc1. The van der Waals surface area contributed by atoms with Gasteiger partial charge in [0.05, 0.1) is 7.11 Å². The van der Waals surface area contributed by atoms with E-state index in [9.17, 15) is 4.79 Å². The largest absolute Gasteiger partial charge is 0.497 e. The van der Waals surface area contributed by atoms with Gasteiger partial charge in [-0.3, -0.25) is 4.79 Å². The lowest BCUT2D eigenvalue weighted by atomic mass is 10.2. The first kappa shape index (κ1) is 16.4. The van der Waals surface area contributed by atoms with Crippen LogP contribution in [0.15, 0.2) is 53.0 Å². The summed E-state index contributed by atoms with van der Waals surface area (Å²) in [4.78, 5) is 12.3. The van der Waals surface area contributed by atoms with Crippen molar-refractivity contribution in [2.24, 2.45) is 0 Å². The van der Waals surface area contributed by atoms with Gasteiger partial charge in [0.2, 0.25) is 0 Å². The van der Waals surface area contributed by atoms with Gasteiger partial charge < -0.3 is 14.8 Å². The van der Waals surface area contributed by atoms with Crippen molar-refractivity contribution in [3.8, 4) is 11.5 Å². The van der Waals surface area contributed by atoms with Gasteiger partial charge in [-0.2, -0.15) is 0 Å². The normalized spacial score (nSPS) is 11.6. The van der Waals surface area contributed by atoms with Crippen LogP contribution >= 0.6 is 15.9 Å². The minimum absolute atomic E-state index is 0.166. The van der Waals surface area contributed by atoms with Crippen LogP contribution in [0, 0.1) is 0 Å². The summed E-state index contributed by atoms with van der Waals surface area (Å²) >= 11 is 3.36. The van der Waals surface area contributed by atoms with Gasteiger partial charge in [0.15, 0.2) is 6.10 Å². The molecule has 2 aromatic rings. The van der Waals surface area contributed by atoms with Crippen molar-refractivity contribution in [1.29, 1.82) is 0 Å². The van der Waals surface area contributed by atoms with E-state index in [4.69, 9.17) is 9.47 Å². The molecule has 0 radical (unpaired) electrons. The number of methoxy groups -OCH3 is 1. The van der Waals surface area contributed by atoms with Crippen LogP contribution in [0.2, 0.25) is 0 Å². The average Bonchev–Trinajstić information content (AvgIpc) is 2.55. The molecule has 1 N–H and O–H groups in total. The van der Waals surface area contributed by atoms with Crippen molar-refractivity contribution in [2.75, 3.05) is 12.4 Å². The maximum Gasteiger partial charge on any atom is 0.265 e. The summed E-state index contributed by atoms with van der Waals surface area (Å²) < 4.78 is 11.8. The molecule has 0 saturated carbocycles. The first-order chi connectivity index (χ1) is 10.6. The number of amides is 1. The van der Waals surface area contributed by atoms with E-state index in [-0.39, 0.29) is 5.91 Å². The number of hydrogen-bond donors (Lipinski definition) is 1. The molecule has 0 saturated heterocycles. The van der Waals surface area contributed by atoms with Gasteiger partial charge in [-0.05, 0) is 55.0 Å². The van der Waals surface area contributed by atoms with E-state index in [0.29, 0.717) is 12.2 Å². The molecule has 2 aromatic carbocycles. The quantitative estimate of drug-likeness (QED) is 0.834. The van der Waals surface area contributed by atoms with E-state index in [1.807, 2.05) is 31.2 Å². The van der Waals surface area contributed by atoms with Crippen molar-refractivity contribution >= 4 is 27.5 Å². The number of anilines is 1. The van der Waals surface area contributed by atoms with Gasteiger partial charge in [-0.25, -0.2) is 0 Å². The van der Waals surface area contributed by atoms with Crippen molar-refractivity contribution in [1.82, 2.24) is 0 Å². The first-order valence-electron chi connectivity index (χ1n) is 6.99. The topological polar surface area (TPSA) is 47.6 Å². The Morgan fingerprint density at radius 3 is 2.23 bits per heavy atom. The number of nitrogens with one attached hydrogen (secondary N) is 1. The molecule has 0 fully saturated rings. The number of ether oxygens (including phenoxy) is 2. The molecule has 0 aliphatic heterocycles. The Morgan fingerprint density at radius 2 is 1.68 bits per heavy atom. The molecule has 116 valence electrons. The second-order valence-corrected chi connectivity index (χ2v) is 5.60. The smallest absolute Gasteiger partial charge is 0.265 e. The number of hydrogen-bond acceptors (Lipinski definition) is 3. The van der Waals surface area contributed by atoms with Gasteiger partial charge in [-0.1, -0.05) is 22.9 Å². The Morgan fingerprint density at radius 1 is 1.09 bits per heavy atom. The monoisotopic (exact) mass is 363 g/mol. The van der Waals surface area contributed by atoms with Gasteiger partial charge in [-0.15, -0.1) is 0 Å². The number of halogens is 1. The van der Waals surface area contributed by atoms with Crippen LogP contribution in [0.25, 0.3) is 0 Å². The van der Waals surface area contributed by atoms with E-state index in [1.54, 1.807) is 31.4 Å². The maximum absolute atomic E-state index is 12.3. The molecule has 0 unspecified atom stereocenters. The van der Waals surface area contributed by atoms with Gasteiger partial charge in [0.25, 0.3) is 5.91 Å². The molecule has 0 aromatic heterocycles. The Bertz CT molecular complexity index is 611. The highest BCUT2D eigenvalue weighted by atomic mass is 79.9. The Kier molecular flexibility index (Phi) is 5.83. The summed E-state index contributed by atoms with van der Waals surface area (Å²) in [5.74, 6) is 1.22. The lowest BCUT2D eigenvalue weighted by molar-refractivity contribution is -0.122. The molecule has 0 aliphatic carbocycles. The van der Waals surface area contributed by atoms with E-state index in [0.717, 1.165) is 15.9 Å². The lowest BCUT2D eigenvalue weighted by Crippen LogP contribution is -2.32. The Labute approximate surface area is 138 Å². The molecule has 4 nitrogen and oxygen atoms in total. The fourth-order valence-corrected chi connectivity index (χ4v) is 2.16. The highest BCUT2D eigenvalue weighted by molar-refractivity contribution is 9.10. The third-order valence-corrected chi connectivity index (χ3v) is 3.64. The van der Waals surface area contributed by atoms with E-state index in [1.165, 1.54) is 0 Å². The van der Waals surface area contributed by atoms with Crippen LogP contribution in [0.1, 0.15) is 13.3 Å². The summed E-state index contributed by atoms with van der Waals surface area (Å²) in [6, 6.07) is 14.6. The fraction of sp³-hybridized carbons (Fsp3) is 0.235. The zero-order valence-corrected chi connectivity index (χ0v) is 14.1. The van der Waals surface area contributed by atoms with Crippen molar-refractivity contribution in [3.63, 3.8) is 0 Å². The summed E-state index contributed by atoms with van der Waals surface area (Å²) in [7, 11) is 1.61. The van der Waals surface area contributed by atoms with E-state index >= 15 is 0 Å². The highest BCUT2D eigenvalue weighted by Gasteiger charge is 2.18. The predicted octanol–water partition coefficient (Wildman–Crippen LogP) is 4.25. The standard InChI is InChI=1S/C17H18BrNO3/c1-3-16(22-15-10-8-14(21-2)9-11-15)17(20)19-13-6-4-12(18)5-7-13/h4-11,16H,3H2,1-2H3,(H,19,20)/t16-/m1/s1. The van der Waals surface area contributed by atoms with E-state index in [2.05, 4.69) is 21.2 Å². The van der Waals surface area contributed by atoms with Crippen molar-refractivity contribution in [2.45, 2.75) is 19.4 Å². The molecule has 2 rings (SSSR count). The minimum atomic E-state index is -0.544. The molecule has 22 heavy (non-hydrogen) atoms. The molecular formula is C17H18BrNO3. The van der Waals surface area contributed by atoms with Crippen LogP contribution in [0.5, 0.6) is 11.5 Å². The second-order valence-electron chi connectivity index (χ2n) is 4.69. The first-order valence-corrected chi connectivity index (χ1v) is 7.79. The molecular weight excluding hydrogens is 346 g/mol. The average molecular weight is 364 g/mol. The predicted molar refractivity (Wildman–Crippen MR) is 90.5 cm³/mol. The molecule has 1 atom stereocenters. The summed E-state index contributed by atoms with van der Waals surface area (Å²) in [6.07, 6.45) is 0.0334. The van der Waals surface area contributed by atoms with Crippen LogP contribution < -0.4 is 14.8 Å². The number of rotatable bonds is 6. The highest BCUT2D eigenvalue weighted by Crippen LogP contribution is 2.20. The van der Waals surface area contributed by atoms with Gasteiger partial charge >= 0.3 is 0 Å². The summed E-state index contributed by atoms with van der Waals surface area (Å²) in [5, 5.41) is 2.85. The second kappa shape index (κ2) is 7.84. The summed E-state index contributed by atoms with van der Waals surface area (Å²) in [6.45, 7) is 1.91. The van der Waals surface area contributed by atoms with Crippen LogP contribution in [-0.4, -0.2) is 19.1 Å². The molecule has 0 spiro atoms. The maximum atomic E-state index is 12.3. The molecule has 0 heterocycles. The third-order valence-electron chi connectivity index (χ3n) is 3.11. The molecule has 1 amide bonds. The Balaban J connectivity index is 2.00. The van der Waals surface area contributed by atoms with Crippen LogP contribution in [-0.2, 0) is 4.79 Å². The van der Waals surface area contributed by atoms with Crippen molar-refractivity contribution in [3.05, 3.63) is 53.0 Å². The minimum Gasteiger partial charge on any atom is -0.497 e. The van der Waals surface area contributed by atoms with Gasteiger partial charge in [0.1, 0.15) is 11.5 Å². The van der Waals surface area contributed by atoms with Crippen molar-refractivity contribution < 1.29 is 14.3 Å². The van der Waals surface area contributed by atoms with Crippen LogP contribution in [0.3, 0.4) is 0 Å². The number of carbonyl (C=O) groups excluding carboxylic acids is 1. The zero-order valence-electron chi connectivity index (χ0n) is 12.5. The molecule has 5 heteroatoms. The van der Waals surface area contributed by atoms with Crippen LogP contribution in [0.4, 0.5) is 5.69 Å². The Hall–Kier alpha value is -2.01. The summed E-state index contributed by atoms with van der Waals surface area (Å²) in [5.41, 5.74) is 0.741.